The Hall–Kier alpha value is -0.780. The molecule has 1 atom stereocenters. The molecule has 2 heteroatoms. The third kappa shape index (κ3) is 2.87. The first-order valence-electron chi connectivity index (χ1n) is 5.06. The standard InChI is InChI=1S/C12H17NS/c1-4-10-7-8-14-12(10)9-13-11(5-2)6-3/h2,7-8,11,13H,4,6,9H2,1,3H3. The molecule has 0 aliphatic carbocycles. The average Bonchev–Trinajstić information content (AvgIpc) is 2.67. The van der Waals surface area contributed by atoms with E-state index in [1.165, 1.54) is 10.4 Å². The highest BCUT2D eigenvalue weighted by Gasteiger charge is 2.04. The minimum absolute atomic E-state index is 0.210. The summed E-state index contributed by atoms with van der Waals surface area (Å²) in [5.41, 5.74) is 1.44. The molecular weight excluding hydrogens is 190 g/mol. The Morgan fingerprint density at radius 3 is 2.93 bits per heavy atom. The zero-order valence-corrected chi connectivity index (χ0v) is 9.66. The summed E-state index contributed by atoms with van der Waals surface area (Å²) in [5.74, 6) is 2.75. The van der Waals surface area contributed by atoms with E-state index in [-0.39, 0.29) is 6.04 Å². The van der Waals surface area contributed by atoms with E-state index in [1.807, 2.05) is 0 Å². The van der Waals surface area contributed by atoms with E-state index in [2.05, 4.69) is 36.5 Å². The lowest BCUT2D eigenvalue weighted by Crippen LogP contribution is -2.26. The van der Waals surface area contributed by atoms with Crippen molar-refractivity contribution in [3.8, 4) is 12.3 Å². The molecule has 1 aromatic rings. The topological polar surface area (TPSA) is 12.0 Å². The summed E-state index contributed by atoms with van der Waals surface area (Å²) in [4.78, 5) is 1.42. The Balaban J connectivity index is 2.49. The molecule has 0 radical (unpaired) electrons. The lowest BCUT2D eigenvalue weighted by molar-refractivity contribution is 0.595. The highest BCUT2D eigenvalue weighted by molar-refractivity contribution is 7.10. The fraction of sp³-hybridized carbons (Fsp3) is 0.500. The van der Waals surface area contributed by atoms with Crippen molar-refractivity contribution < 1.29 is 0 Å². The van der Waals surface area contributed by atoms with Gasteiger partial charge in [0.25, 0.3) is 0 Å². The van der Waals surface area contributed by atoms with Gasteiger partial charge in [-0.05, 0) is 29.9 Å². The predicted octanol–water partition coefficient (Wildman–Crippen LogP) is 2.81. The Morgan fingerprint density at radius 1 is 1.57 bits per heavy atom. The molecule has 0 aromatic carbocycles. The second kappa shape index (κ2) is 5.85. The zero-order chi connectivity index (χ0) is 10.4. The average molecular weight is 207 g/mol. The van der Waals surface area contributed by atoms with Crippen molar-refractivity contribution in [3.05, 3.63) is 21.9 Å². The predicted molar refractivity (Wildman–Crippen MR) is 63.4 cm³/mol. The van der Waals surface area contributed by atoms with Crippen LogP contribution >= 0.6 is 11.3 Å². The molecule has 1 rings (SSSR count). The lowest BCUT2D eigenvalue weighted by Gasteiger charge is -2.10. The van der Waals surface area contributed by atoms with Gasteiger partial charge in [0.05, 0.1) is 6.04 Å². The van der Waals surface area contributed by atoms with E-state index in [1.54, 1.807) is 11.3 Å². The van der Waals surface area contributed by atoms with Crippen LogP contribution in [0.5, 0.6) is 0 Å². The normalized spacial score (nSPS) is 12.4. The minimum atomic E-state index is 0.210. The molecule has 76 valence electrons. The van der Waals surface area contributed by atoms with Crippen molar-refractivity contribution in [1.29, 1.82) is 0 Å². The number of rotatable bonds is 5. The number of thiophene rings is 1. The maximum absolute atomic E-state index is 5.38. The van der Waals surface area contributed by atoms with Gasteiger partial charge < -0.3 is 0 Å². The van der Waals surface area contributed by atoms with Gasteiger partial charge in [0.15, 0.2) is 0 Å². The van der Waals surface area contributed by atoms with Crippen LogP contribution in [0.4, 0.5) is 0 Å². The molecular formula is C12H17NS. The van der Waals surface area contributed by atoms with Crippen molar-refractivity contribution >= 4 is 11.3 Å². The third-order valence-electron chi connectivity index (χ3n) is 2.34. The van der Waals surface area contributed by atoms with Gasteiger partial charge in [0, 0.05) is 11.4 Å². The Labute approximate surface area is 90.5 Å². The van der Waals surface area contributed by atoms with Gasteiger partial charge in [-0.3, -0.25) is 5.32 Å². The number of aryl methyl sites for hydroxylation is 1. The number of terminal acetylenes is 1. The molecule has 0 aliphatic rings. The smallest absolute Gasteiger partial charge is 0.0687 e. The van der Waals surface area contributed by atoms with Crippen LogP contribution in [0.15, 0.2) is 11.4 Å². The summed E-state index contributed by atoms with van der Waals surface area (Å²) >= 11 is 1.81. The zero-order valence-electron chi connectivity index (χ0n) is 8.84. The quantitative estimate of drug-likeness (QED) is 0.732. The highest BCUT2D eigenvalue weighted by Crippen LogP contribution is 2.17. The van der Waals surface area contributed by atoms with Crippen molar-refractivity contribution in [1.82, 2.24) is 5.32 Å². The summed E-state index contributed by atoms with van der Waals surface area (Å²) in [6.45, 7) is 5.19. The first-order valence-corrected chi connectivity index (χ1v) is 5.94. The fourth-order valence-electron chi connectivity index (χ4n) is 1.37. The molecule has 0 amide bonds. The summed E-state index contributed by atoms with van der Waals surface area (Å²) in [6.07, 6.45) is 7.48. The monoisotopic (exact) mass is 207 g/mol. The van der Waals surface area contributed by atoms with Gasteiger partial charge in [-0.1, -0.05) is 19.8 Å². The summed E-state index contributed by atoms with van der Waals surface area (Å²) in [7, 11) is 0. The molecule has 0 bridgehead atoms. The van der Waals surface area contributed by atoms with Gasteiger partial charge in [-0.2, -0.15) is 0 Å². The van der Waals surface area contributed by atoms with Gasteiger partial charge >= 0.3 is 0 Å². The van der Waals surface area contributed by atoms with Crippen molar-refractivity contribution in [2.24, 2.45) is 0 Å². The number of hydrogen-bond donors (Lipinski definition) is 1. The molecule has 0 spiro atoms. The maximum Gasteiger partial charge on any atom is 0.0687 e. The molecule has 0 aliphatic heterocycles. The summed E-state index contributed by atoms with van der Waals surface area (Å²) < 4.78 is 0. The van der Waals surface area contributed by atoms with Crippen LogP contribution < -0.4 is 5.32 Å². The van der Waals surface area contributed by atoms with Crippen molar-refractivity contribution in [3.63, 3.8) is 0 Å². The van der Waals surface area contributed by atoms with Crippen LogP contribution in [-0.4, -0.2) is 6.04 Å². The molecule has 0 saturated heterocycles. The van der Waals surface area contributed by atoms with E-state index in [9.17, 15) is 0 Å². The lowest BCUT2D eigenvalue weighted by atomic mass is 10.2. The second-order valence-electron chi connectivity index (χ2n) is 3.23. The van der Waals surface area contributed by atoms with Crippen LogP contribution in [-0.2, 0) is 13.0 Å². The van der Waals surface area contributed by atoms with Gasteiger partial charge in [0.2, 0.25) is 0 Å². The van der Waals surface area contributed by atoms with Crippen LogP contribution in [0.2, 0.25) is 0 Å². The largest absolute Gasteiger partial charge is 0.299 e. The first-order chi connectivity index (χ1) is 6.81. The van der Waals surface area contributed by atoms with Crippen LogP contribution in [0, 0.1) is 12.3 Å². The molecule has 1 unspecified atom stereocenters. The van der Waals surface area contributed by atoms with Crippen LogP contribution in [0.1, 0.15) is 30.7 Å². The SMILES string of the molecule is C#CC(CC)NCc1sccc1CC. The fourth-order valence-corrected chi connectivity index (χ4v) is 2.30. The molecule has 0 fully saturated rings. The molecule has 1 heterocycles. The Bertz CT molecular complexity index is 308. The van der Waals surface area contributed by atoms with Crippen LogP contribution in [0.3, 0.4) is 0 Å². The van der Waals surface area contributed by atoms with Crippen molar-refractivity contribution in [2.75, 3.05) is 0 Å². The first kappa shape index (κ1) is 11.3. The van der Waals surface area contributed by atoms with E-state index in [0.29, 0.717) is 0 Å². The van der Waals surface area contributed by atoms with E-state index in [4.69, 9.17) is 6.42 Å². The second-order valence-corrected chi connectivity index (χ2v) is 4.23. The summed E-state index contributed by atoms with van der Waals surface area (Å²) in [5, 5.41) is 5.52. The number of nitrogens with one attached hydrogen (secondary N) is 1. The van der Waals surface area contributed by atoms with Crippen molar-refractivity contribution in [2.45, 2.75) is 39.3 Å². The molecule has 1 N–H and O–H groups in total. The van der Waals surface area contributed by atoms with Gasteiger partial charge in [0.1, 0.15) is 0 Å². The highest BCUT2D eigenvalue weighted by atomic mass is 32.1. The summed E-state index contributed by atoms with van der Waals surface area (Å²) in [6, 6.07) is 2.40. The Morgan fingerprint density at radius 2 is 2.36 bits per heavy atom. The minimum Gasteiger partial charge on any atom is -0.299 e. The third-order valence-corrected chi connectivity index (χ3v) is 3.30. The van der Waals surface area contributed by atoms with Gasteiger partial charge in [-0.15, -0.1) is 17.8 Å². The van der Waals surface area contributed by atoms with E-state index in [0.717, 1.165) is 19.4 Å². The molecule has 1 aromatic heterocycles. The Kier molecular flexibility index (Phi) is 4.72. The van der Waals surface area contributed by atoms with E-state index < -0.39 is 0 Å². The molecule has 1 nitrogen and oxygen atoms in total. The van der Waals surface area contributed by atoms with Gasteiger partial charge in [-0.25, -0.2) is 0 Å². The molecule has 14 heavy (non-hydrogen) atoms. The van der Waals surface area contributed by atoms with Crippen LogP contribution in [0.25, 0.3) is 0 Å². The maximum atomic E-state index is 5.38. The van der Waals surface area contributed by atoms with E-state index >= 15 is 0 Å². The number of hydrogen-bond acceptors (Lipinski definition) is 2. The molecule has 0 saturated carbocycles.